The number of phenolic OH excluding ortho intramolecular Hbond substituents is 1. The van der Waals surface area contributed by atoms with Crippen LogP contribution in [-0.2, 0) is 0 Å². The minimum Gasteiger partial charge on any atom is -0.508 e. The maximum Gasteiger partial charge on any atom is 0.185 e. The Labute approximate surface area is 99.8 Å². The number of aromatic hydroxyl groups is 1. The van der Waals surface area contributed by atoms with Crippen LogP contribution in [0.15, 0.2) is 60.7 Å². The lowest BCUT2D eigenvalue weighted by molar-refractivity contribution is 0.104. The fourth-order valence-corrected chi connectivity index (χ4v) is 1.46. The maximum absolute atomic E-state index is 11.7. The minimum atomic E-state index is -0.0290. The van der Waals surface area contributed by atoms with E-state index >= 15 is 0 Å². The lowest BCUT2D eigenvalue weighted by Gasteiger charge is -1.95. The average Bonchev–Trinajstić information content (AvgIpc) is 2.39. The zero-order chi connectivity index (χ0) is 12.1. The molecule has 2 heteroatoms. The molecule has 0 saturated carbocycles. The van der Waals surface area contributed by atoms with Crippen LogP contribution in [0, 0.1) is 0 Å². The van der Waals surface area contributed by atoms with Gasteiger partial charge in [0.1, 0.15) is 5.75 Å². The van der Waals surface area contributed by atoms with Crippen LogP contribution in [0.3, 0.4) is 0 Å². The third kappa shape index (κ3) is 3.05. The summed E-state index contributed by atoms with van der Waals surface area (Å²) in [6.45, 7) is 0. The Morgan fingerprint density at radius 3 is 2.24 bits per heavy atom. The van der Waals surface area contributed by atoms with E-state index < -0.39 is 0 Å². The Morgan fingerprint density at radius 2 is 1.59 bits per heavy atom. The number of benzene rings is 2. The molecular formula is C15H12O2. The monoisotopic (exact) mass is 224 g/mol. The Kier molecular flexibility index (Phi) is 3.36. The van der Waals surface area contributed by atoms with Gasteiger partial charge in [0.25, 0.3) is 0 Å². The van der Waals surface area contributed by atoms with E-state index in [-0.39, 0.29) is 11.5 Å². The third-order valence-corrected chi connectivity index (χ3v) is 2.38. The van der Waals surface area contributed by atoms with Gasteiger partial charge < -0.3 is 5.11 Å². The molecule has 0 atom stereocenters. The number of ketones is 1. The zero-order valence-electron chi connectivity index (χ0n) is 9.21. The van der Waals surface area contributed by atoms with E-state index in [0.29, 0.717) is 5.56 Å². The van der Waals surface area contributed by atoms with Crippen LogP contribution in [0.1, 0.15) is 15.9 Å². The molecule has 0 unspecified atom stereocenters. The molecule has 2 aromatic carbocycles. The summed E-state index contributed by atoms with van der Waals surface area (Å²) in [5, 5.41) is 9.12. The van der Waals surface area contributed by atoms with E-state index in [2.05, 4.69) is 0 Å². The first-order valence-electron chi connectivity index (χ1n) is 5.32. The average molecular weight is 224 g/mol. The van der Waals surface area contributed by atoms with E-state index in [1.54, 1.807) is 42.5 Å². The number of hydrogen-bond donors (Lipinski definition) is 1. The number of hydrogen-bond acceptors (Lipinski definition) is 2. The van der Waals surface area contributed by atoms with Crippen LogP contribution < -0.4 is 0 Å². The molecule has 0 aliphatic rings. The number of allylic oxidation sites excluding steroid dienone is 1. The van der Waals surface area contributed by atoms with Gasteiger partial charge in [0, 0.05) is 5.56 Å². The maximum atomic E-state index is 11.7. The van der Waals surface area contributed by atoms with Crippen molar-refractivity contribution in [2.24, 2.45) is 0 Å². The molecule has 2 rings (SSSR count). The molecule has 0 heterocycles. The molecule has 0 aromatic heterocycles. The molecule has 17 heavy (non-hydrogen) atoms. The van der Waals surface area contributed by atoms with E-state index in [4.69, 9.17) is 5.11 Å². The minimum absolute atomic E-state index is 0.0290. The summed E-state index contributed by atoms with van der Waals surface area (Å²) in [7, 11) is 0. The van der Waals surface area contributed by atoms with Crippen molar-refractivity contribution >= 4 is 11.9 Å². The summed E-state index contributed by atoms with van der Waals surface area (Å²) in [5.74, 6) is 0.190. The molecule has 1 N–H and O–H groups in total. The molecule has 84 valence electrons. The summed E-state index contributed by atoms with van der Waals surface area (Å²) in [4.78, 5) is 11.7. The molecule has 0 radical (unpaired) electrons. The molecule has 0 bridgehead atoms. The van der Waals surface area contributed by atoms with Crippen LogP contribution in [0.4, 0.5) is 0 Å². The van der Waals surface area contributed by atoms with E-state index in [1.165, 1.54) is 6.08 Å². The van der Waals surface area contributed by atoms with Gasteiger partial charge in [-0.3, -0.25) is 4.79 Å². The smallest absolute Gasteiger partial charge is 0.185 e. The topological polar surface area (TPSA) is 37.3 Å². The van der Waals surface area contributed by atoms with Crippen LogP contribution in [0.2, 0.25) is 0 Å². The molecule has 0 spiro atoms. The van der Waals surface area contributed by atoms with Crippen molar-refractivity contribution in [3.05, 3.63) is 71.8 Å². The molecule has 2 aromatic rings. The van der Waals surface area contributed by atoms with Crippen LogP contribution >= 0.6 is 0 Å². The third-order valence-electron chi connectivity index (χ3n) is 2.38. The number of carbonyl (C=O) groups is 1. The predicted molar refractivity (Wildman–Crippen MR) is 67.9 cm³/mol. The highest BCUT2D eigenvalue weighted by Gasteiger charge is 1.99. The standard InChI is InChI=1S/C15H12O2/c16-14-9-6-12(7-10-14)8-11-15(17)13-4-2-1-3-5-13/h1-11,16H/b11-8-. The Morgan fingerprint density at radius 1 is 0.941 bits per heavy atom. The highest BCUT2D eigenvalue weighted by molar-refractivity contribution is 6.06. The largest absolute Gasteiger partial charge is 0.508 e. The Hall–Kier alpha value is -2.35. The summed E-state index contributed by atoms with van der Waals surface area (Å²) < 4.78 is 0. The fraction of sp³-hybridized carbons (Fsp3) is 0. The van der Waals surface area contributed by atoms with Crippen molar-refractivity contribution < 1.29 is 9.90 Å². The van der Waals surface area contributed by atoms with Crippen molar-refractivity contribution in [2.75, 3.05) is 0 Å². The lowest BCUT2D eigenvalue weighted by atomic mass is 10.1. The second-order valence-electron chi connectivity index (χ2n) is 3.66. The number of carbonyl (C=O) groups excluding carboxylic acids is 1. The zero-order valence-corrected chi connectivity index (χ0v) is 9.21. The van der Waals surface area contributed by atoms with Crippen LogP contribution in [0.5, 0.6) is 5.75 Å². The molecule has 0 aliphatic heterocycles. The number of rotatable bonds is 3. The van der Waals surface area contributed by atoms with Crippen molar-refractivity contribution in [1.82, 2.24) is 0 Å². The van der Waals surface area contributed by atoms with Gasteiger partial charge in [0.2, 0.25) is 0 Å². The molecule has 2 nitrogen and oxygen atoms in total. The normalized spacial score (nSPS) is 10.6. The first-order chi connectivity index (χ1) is 8.25. The van der Waals surface area contributed by atoms with Crippen LogP contribution in [-0.4, -0.2) is 10.9 Å². The van der Waals surface area contributed by atoms with E-state index in [1.807, 2.05) is 18.2 Å². The van der Waals surface area contributed by atoms with Crippen molar-refractivity contribution in [3.63, 3.8) is 0 Å². The Bertz CT molecular complexity index is 525. The van der Waals surface area contributed by atoms with Gasteiger partial charge in [-0.25, -0.2) is 0 Å². The lowest BCUT2D eigenvalue weighted by Crippen LogP contribution is -1.92. The van der Waals surface area contributed by atoms with Gasteiger partial charge >= 0.3 is 0 Å². The summed E-state index contributed by atoms with van der Waals surface area (Å²) in [5.41, 5.74) is 1.55. The van der Waals surface area contributed by atoms with Gasteiger partial charge in [-0.1, -0.05) is 48.5 Å². The first-order valence-corrected chi connectivity index (χ1v) is 5.32. The molecule has 0 aliphatic carbocycles. The van der Waals surface area contributed by atoms with E-state index in [9.17, 15) is 4.79 Å². The van der Waals surface area contributed by atoms with Gasteiger partial charge in [0.15, 0.2) is 5.78 Å². The summed E-state index contributed by atoms with van der Waals surface area (Å²) in [6.07, 6.45) is 3.26. The predicted octanol–water partition coefficient (Wildman–Crippen LogP) is 3.29. The van der Waals surface area contributed by atoms with Crippen molar-refractivity contribution in [1.29, 1.82) is 0 Å². The first kappa shape index (κ1) is 11.1. The van der Waals surface area contributed by atoms with Gasteiger partial charge in [-0.15, -0.1) is 0 Å². The van der Waals surface area contributed by atoms with E-state index in [0.717, 1.165) is 5.56 Å². The van der Waals surface area contributed by atoms with Gasteiger partial charge in [-0.05, 0) is 23.8 Å². The highest BCUT2D eigenvalue weighted by Crippen LogP contribution is 2.11. The van der Waals surface area contributed by atoms with Gasteiger partial charge in [0.05, 0.1) is 0 Å². The quantitative estimate of drug-likeness (QED) is 0.641. The summed E-state index contributed by atoms with van der Waals surface area (Å²) >= 11 is 0. The second kappa shape index (κ2) is 5.12. The second-order valence-corrected chi connectivity index (χ2v) is 3.66. The molecule has 0 fully saturated rings. The molecule has 0 amide bonds. The Balaban J connectivity index is 2.11. The molecular weight excluding hydrogens is 212 g/mol. The number of phenols is 1. The molecule has 0 saturated heterocycles. The van der Waals surface area contributed by atoms with Gasteiger partial charge in [-0.2, -0.15) is 0 Å². The fourth-order valence-electron chi connectivity index (χ4n) is 1.46. The van der Waals surface area contributed by atoms with Crippen molar-refractivity contribution in [2.45, 2.75) is 0 Å². The highest BCUT2D eigenvalue weighted by atomic mass is 16.3. The van der Waals surface area contributed by atoms with Crippen LogP contribution in [0.25, 0.3) is 6.08 Å². The summed E-state index contributed by atoms with van der Waals surface area (Å²) in [6, 6.07) is 15.8. The van der Waals surface area contributed by atoms with Crippen molar-refractivity contribution in [3.8, 4) is 5.75 Å². The SMILES string of the molecule is O=C(/C=C\c1ccc(O)cc1)c1ccccc1.